The first kappa shape index (κ1) is 13.7. The molecule has 1 heterocycles. The quantitative estimate of drug-likeness (QED) is 0.707. The second-order valence-electron chi connectivity index (χ2n) is 3.81. The molecule has 2 atom stereocenters. The first-order chi connectivity index (χ1) is 8.04. The van der Waals surface area contributed by atoms with Gasteiger partial charge in [-0.1, -0.05) is 13.0 Å². The summed E-state index contributed by atoms with van der Waals surface area (Å²) in [6, 6.07) is 3.16. The summed E-state index contributed by atoms with van der Waals surface area (Å²) in [5, 5.41) is 13.4. The van der Waals surface area contributed by atoms with Crippen LogP contribution in [0.3, 0.4) is 0 Å². The maximum atomic E-state index is 11.7. The number of aliphatic carboxylic acids is 1. The van der Waals surface area contributed by atoms with E-state index < -0.39 is 12.0 Å². The van der Waals surface area contributed by atoms with Crippen molar-refractivity contribution in [3.8, 4) is 0 Å². The van der Waals surface area contributed by atoms with Crippen molar-refractivity contribution in [2.45, 2.75) is 19.4 Å². The Morgan fingerprint density at radius 1 is 1.59 bits per heavy atom. The Kier molecular flexibility index (Phi) is 5.11. The molecule has 1 aromatic heterocycles. The summed E-state index contributed by atoms with van der Waals surface area (Å²) < 4.78 is 0. The molecule has 0 saturated heterocycles. The minimum Gasteiger partial charge on any atom is -0.481 e. The lowest BCUT2D eigenvalue weighted by atomic mass is 10.1. The first-order valence-electron chi connectivity index (χ1n) is 5.30. The maximum Gasteiger partial charge on any atom is 0.305 e. The van der Waals surface area contributed by atoms with Crippen LogP contribution in [0.2, 0.25) is 0 Å². The molecule has 4 N–H and O–H groups in total. The Hall–Kier alpha value is -1.40. The highest BCUT2D eigenvalue weighted by molar-refractivity contribution is 7.10. The zero-order valence-electron chi connectivity index (χ0n) is 9.55. The van der Waals surface area contributed by atoms with Gasteiger partial charge in [0.25, 0.3) is 0 Å². The van der Waals surface area contributed by atoms with Gasteiger partial charge in [0.2, 0.25) is 5.91 Å². The van der Waals surface area contributed by atoms with Crippen molar-refractivity contribution in [2.24, 2.45) is 11.7 Å². The molecule has 0 bridgehead atoms. The zero-order chi connectivity index (χ0) is 12.8. The molecule has 0 aromatic carbocycles. The van der Waals surface area contributed by atoms with Gasteiger partial charge < -0.3 is 16.2 Å². The largest absolute Gasteiger partial charge is 0.481 e. The van der Waals surface area contributed by atoms with Crippen LogP contribution in [0.1, 0.15) is 24.3 Å². The van der Waals surface area contributed by atoms with E-state index in [2.05, 4.69) is 5.32 Å². The van der Waals surface area contributed by atoms with E-state index in [9.17, 15) is 9.59 Å². The van der Waals surface area contributed by atoms with Gasteiger partial charge in [-0.15, -0.1) is 11.3 Å². The van der Waals surface area contributed by atoms with Crippen molar-refractivity contribution in [3.05, 3.63) is 22.4 Å². The fourth-order valence-electron chi connectivity index (χ4n) is 1.31. The van der Waals surface area contributed by atoms with Gasteiger partial charge >= 0.3 is 5.97 Å². The molecule has 5 nitrogen and oxygen atoms in total. The lowest BCUT2D eigenvalue weighted by Gasteiger charge is -2.18. The molecule has 1 rings (SSSR count). The standard InChI is InChI=1S/C11H16N2O3S/c1-7(6-12)11(16)13-8(5-10(14)15)9-3-2-4-17-9/h2-4,7-8H,5-6,12H2,1H3,(H,13,16)(H,14,15). The average Bonchev–Trinajstić information content (AvgIpc) is 2.79. The number of thiophene rings is 1. The number of nitrogens with two attached hydrogens (primary N) is 1. The van der Waals surface area contributed by atoms with Crippen molar-refractivity contribution >= 4 is 23.2 Å². The summed E-state index contributed by atoms with van der Waals surface area (Å²) in [4.78, 5) is 23.3. The van der Waals surface area contributed by atoms with Crippen LogP contribution in [0.15, 0.2) is 17.5 Å². The number of hydrogen-bond donors (Lipinski definition) is 3. The predicted octanol–water partition coefficient (Wildman–Crippen LogP) is 0.975. The highest BCUT2D eigenvalue weighted by atomic mass is 32.1. The van der Waals surface area contributed by atoms with E-state index in [4.69, 9.17) is 10.8 Å². The molecule has 0 aliphatic carbocycles. The third-order valence-corrected chi connectivity index (χ3v) is 3.37. The molecule has 0 aliphatic rings. The van der Waals surface area contributed by atoms with E-state index in [-0.39, 0.29) is 24.8 Å². The fraction of sp³-hybridized carbons (Fsp3) is 0.455. The second-order valence-corrected chi connectivity index (χ2v) is 4.79. The normalized spacial score (nSPS) is 14.0. The van der Waals surface area contributed by atoms with Crippen LogP contribution in [0.25, 0.3) is 0 Å². The zero-order valence-corrected chi connectivity index (χ0v) is 10.4. The Bertz CT molecular complexity index is 378. The summed E-state index contributed by atoms with van der Waals surface area (Å²) in [5.74, 6) is -1.47. The van der Waals surface area contributed by atoms with E-state index in [1.807, 2.05) is 17.5 Å². The molecule has 0 aliphatic heterocycles. The van der Waals surface area contributed by atoms with Crippen LogP contribution in [-0.2, 0) is 9.59 Å². The van der Waals surface area contributed by atoms with Gasteiger partial charge in [0.05, 0.1) is 12.5 Å². The number of carbonyl (C=O) groups excluding carboxylic acids is 1. The van der Waals surface area contributed by atoms with Gasteiger partial charge in [-0.25, -0.2) is 0 Å². The number of amides is 1. The van der Waals surface area contributed by atoms with Crippen LogP contribution >= 0.6 is 11.3 Å². The average molecular weight is 256 g/mol. The highest BCUT2D eigenvalue weighted by Gasteiger charge is 2.21. The van der Waals surface area contributed by atoms with Gasteiger partial charge in [0.1, 0.15) is 0 Å². The van der Waals surface area contributed by atoms with Crippen LogP contribution in [0.4, 0.5) is 0 Å². The smallest absolute Gasteiger partial charge is 0.305 e. The van der Waals surface area contributed by atoms with Crippen molar-refractivity contribution in [3.63, 3.8) is 0 Å². The van der Waals surface area contributed by atoms with E-state index in [1.165, 1.54) is 11.3 Å². The summed E-state index contributed by atoms with van der Waals surface area (Å²) >= 11 is 1.43. The lowest BCUT2D eigenvalue weighted by Crippen LogP contribution is -2.36. The molecule has 2 unspecified atom stereocenters. The monoisotopic (exact) mass is 256 g/mol. The van der Waals surface area contributed by atoms with E-state index >= 15 is 0 Å². The van der Waals surface area contributed by atoms with Gasteiger partial charge in [-0.3, -0.25) is 9.59 Å². The Morgan fingerprint density at radius 3 is 2.76 bits per heavy atom. The Labute approximate surface area is 104 Å². The molecule has 0 spiro atoms. The van der Waals surface area contributed by atoms with Gasteiger partial charge in [0, 0.05) is 17.3 Å². The minimum absolute atomic E-state index is 0.121. The molecule has 1 amide bonds. The molecule has 0 radical (unpaired) electrons. The summed E-state index contributed by atoms with van der Waals surface area (Å²) in [5.41, 5.74) is 5.39. The lowest BCUT2D eigenvalue weighted by molar-refractivity contribution is -0.137. The number of carboxylic acid groups (broad SMARTS) is 1. The third-order valence-electron chi connectivity index (χ3n) is 2.38. The second kappa shape index (κ2) is 6.36. The van der Waals surface area contributed by atoms with E-state index in [1.54, 1.807) is 6.92 Å². The first-order valence-corrected chi connectivity index (χ1v) is 6.18. The fourth-order valence-corrected chi connectivity index (χ4v) is 2.09. The number of hydrogen-bond acceptors (Lipinski definition) is 4. The number of carbonyl (C=O) groups is 2. The van der Waals surface area contributed by atoms with Gasteiger partial charge in [-0.2, -0.15) is 0 Å². The summed E-state index contributed by atoms with van der Waals surface area (Å²) in [6.45, 7) is 1.96. The van der Waals surface area contributed by atoms with Crippen molar-refractivity contribution in [2.75, 3.05) is 6.54 Å². The number of carboxylic acids is 1. The van der Waals surface area contributed by atoms with Crippen molar-refractivity contribution in [1.29, 1.82) is 0 Å². The maximum absolute atomic E-state index is 11.7. The van der Waals surface area contributed by atoms with Gasteiger partial charge in [0.15, 0.2) is 0 Å². The Balaban J connectivity index is 2.71. The van der Waals surface area contributed by atoms with Crippen LogP contribution < -0.4 is 11.1 Å². The third kappa shape index (κ3) is 4.16. The van der Waals surface area contributed by atoms with Crippen LogP contribution in [-0.4, -0.2) is 23.5 Å². The SMILES string of the molecule is CC(CN)C(=O)NC(CC(=O)O)c1cccs1. The number of rotatable bonds is 6. The predicted molar refractivity (Wildman–Crippen MR) is 65.7 cm³/mol. The van der Waals surface area contributed by atoms with E-state index in [0.29, 0.717) is 0 Å². The van der Waals surface area contributed by atoms with Gasteiger partial charge in [-0.05, 0) is 11.4 Å². The molecule has 0 fully saturated rings. The molecular formula is C11H16N2O3S. The molecular weight excluding hydrogens is 240 g/mol. The van der Waals surface area contributed by atoms with Crippen LogP contribution in [0.5, 0.6) is 0 Å². The number of nitrogens with one attached hydrogen (secondary N) is 1. The molecule has 0 saturated carbocycles. The highest BCUT2D eigenvalue weighted by Crippen LogP contribution is 2.22. The molecule has 94 valence electrons. The van der Waals surface area contributed by atoms with E-state index in [0.717, 1.165) is 4.88 Å². The summed E-state index contributed by atoms with van der Waals surface area (Å²) in [6.07, 6.45) is -0.121. The van der Waals surface area contributed by atoms with Crippen LogP contribution in [0, 0.1) is 5.92 Å². The van der Waals surface area contributed by atoms with Crippen molar-refractivity contribution < 1.29 is 14.7 Å². The molecule has 1 aromatic rings. The molecule has 6 heteroatoms. The van der Waals surface area contributed by atoms with Crippen molar-refractivity contribution in [1.82, 2.24) is 5.32 Å². The summed E-state index contributed by atoms with van der Waals surface area (Å²) in [7, 11) is 0. The minimum atomic E-state index is -0.941. The molecule has 17 heavy (non-hydrogen) atoms. The topological polar surface area (TPSA) is 92.4 Å². The Morgan fingerprint density at radius 2 is 2.29 bits per heavy atom.